The highest BCUT2D eigenvalue weighted by Gasteiger charge is 2.11. The summed E-state index contributed by atoms with van der Waals surface area (Å²) < 4.78 is 8.28. The van der Waals surface area contributed by atoms with Crippen LogP contribution in [0, 0.1) is 6.92 Å². The summed E-state index contributed by atoms with van der Waals surface area (Å²) in [6.45, 7) is 1.70. The second-order valence-electron chi connectivity index (χ2n) is 4.00. The number of nitrogens with one attached hydrogen (secondary N) is 1. The zero-order valence-corrected chi connectivity index (χ0v) is 12.2. The SMILES string of the molecule is COC(=O)c1ccc(/C=N\NC(=O)c2snnc2C)cc1. The molecular weight excluding hydrogens is 292 g/mol. The van der Waals surface area contributed by atoms with Crippen molar-refractivity contribution in [1.29, 1.82) is 0 Å². The molecule has 0 bridgehead atoms. The van der Waals surface area contributed by atoms with Crippen LogP contribution in [0.15, 0.2) is 29.4 Å². The number of carbonyl (C=O) groups is 2. The maximum atomic E-state index is 11.7. The molecule has 0 atom stereocenters. The average Bonchev–Trinajstić information content (AvgIpc) is 2.93. The van der Waals surface area contributed by atoms with Gasteiger partial charge in [0.1, 0.15) is 4.88 Å². The molecule has 0 aliphatic carbocycles. The highest BCUT2D eigenvalue weighted by atomic mass is 32.1. The number of carbonyl (C=O) groups excluding carboxylic acids is 2. The van der Waals surface area contributed by atoms with E-state index in [0.29, 0.717) is 16.1 Å². The topological polar surface area (TPSA) is 93.5 Å². The van der Waals surface area contributed by atoms with Crippen molar-refractivity contribution in [3.63, 3.8) is 0 Å². The van der Waals surface area contributed by atoms with Crippen LogP contribution in [0.2, 0.25) is 0 Å². The summed E-state index contributed by atoms with van der Waals surface area (Å²) in [7, 11) is 1.32. The van der Waals surface area contributed by atoms with Crippen LogP contribution in [-0.2, 0) is 4.74 Å². The Morgan fingerprint density at radius 1 is 1.33 bits per heavy atom. The molecule has 0 aliphatic rings. The van der Waals surface area contributed by atoms with Crippen LogP contribution in [0.3, 0.4) is 0 Å². The molecule has 2 rings (SSSR count). The lowest BCUT2D eigenvalue weighted by Gasteiger charge is -1.99. The number of benzene rings is 1. The van der Waals surface area contributed by atoms with Crippen molar-refractivity contribution in [1.82, 2.24) is 15.0 Å². The van der Waals surface area contributed by atoms with Gasteiger partial charge in [-0.2, -0.15) is 5.10 Å². The van der Waals surface area contributed by atoms with Crippen molar-refractivity contribution < 1.29 is 14.3 Å². The Labute approximate surface area is 124 Å². The first-order chi connectivity index (χ1) is 10.1. The zero-order chi connectivity index (χ0) is 15.2. The van der Waals surface area contributed by atoms with Crippen LogP contribution in [0.4, 0.5) is 0 Å². The molecule has 1 N–H and O–H groups in total. The van der Waals surface area contributed by atoms with Gasteiger partial charge in [0.05, 0.1) is 24.6 Å². The molecule has 0 saturated heterocycles. The Kier molecular flexibility index (Phi) is 4.72. The molecule has 0 aliphatic heterocycles. The minimum absolute atomic E-state index is 0.357. The van der Waals surface area contributed by atoms with Gasteiger partial charge in [0, 0.05) is 0 Å². The maximum Gasteiger partial charge on any atom is 0.337 e. The lowest BCUT2D eigenvalue weighted by Crippen LogP contribution is -2.17. The molecule has 1 aromatic heterocycles. The van der Waals surface area contributed by atoms with E-state index in [1.807, 2.05) is 0 Å². The third-order valence-electron chi connectivity index (χ3n) is 2.57. The van der Waals surface area contributed by atoms with E-state index >= 15 is 0 Å². The quantitative estimate of drug-likeness (QED) is 0.523. The van der Waals surface area contributed by atoms with Crippen LogP contribution in [0.1, 0.15) is 31.3 Å². The van der Waals surface area contributed by atoms with Crippen molar-refractivity contribution in [3.8, 4) is 0 Å². The summed E-state index contributed by atoms with van der Waals surface area (Å²) in [4.78, 5) is 23.4. The highest BCUT2D eigenvalue weighted by molar-refractivity contribution is 7.07. The van der Waals surface area contributed by atoms with E-state index < -0.39 is 5.97 Å². The normalized spacial score (nSPS) is 10.6. The lowest BCUT2D eigenvalue weighted by molar-refractivity contribution is 0.0600. The number of rotatable bonds is 4. The van der Waals surface area contributed by atoms with E-state index in [2.05, 4.69) is 24.9 Å². The van der Waals surface area contributed by atoms with E-state index in [0.717, 1.165) is 17.1 Å². The van der Waals surface area contributed by atoms with Gasteiger partial charge in [-0.05, 0) is 36.2 Å². The van der Waals surface area contributed by atoms with Crippen molar-refractivity contribution in [2.75, 3.05) is 7.11 Å². The van der Waals surface area contributed by atoms with Gasteiger partial charge in [0.2, 0.25) is 0 Å². The predicted molar refractivity (Wildman–Crippen MR) is 77.5 cm³/mol. The van der Waals surface area contributed by atoms with Crippen LogP contribution in [-0.4, -0.2) is 34.8 Å². The molecule has 21 heavy (non-hydrogen) atoms. The van der Waals surface area contributed by atoms with Crippen LogP contribution < -0.4 is 5.43 Å². The monoisotopic (exact) mass is 304 g/mol. The fraction of sp³-hybridized carbons (Fsp3) is 0.154. The maximum absolute atomic E-state index is 11.7. The summed E-state index contributed by atoms with van der Waals surface area (Å²) >= 11 is 1.01. The van der Waals surface area contributed by atoms with Gasteiger partial charge in [-0.15, -0.1) is 5.10 Å². The first-order valence-corrected chi connectivity index (χ1v) is 6.70. The molecule has 108 valence electrons. The number of methoxy groups -OCH3 is 1. The second-order valence-corrected chi connectivity index (χ2v) is 4.75. The van der Waals surface area contributed by atoms with Crippen molar-refractivity contribution >= 4 is 29.6 Å². The molecule has 0 unspecified atom stereocenters. The molecule has 0 radical (unpaired) electrons. The third-order valence-corrected chi connectivity index (χ3v) is 3.40. The standard InChI is InChI=1S/C13H12N4O3S/c1-8-11(21-17-15-8)12(18)16-14-7-9-3-5-10(6-4-9)13(19)20-2/h3-7H,1-2H3,(H,16,18)/b14-7-. The number of hydrazone groups is 1. The van der Waals surface area contributed by atoms with Gasteiger partial charge in [0.25, 0.3) is 5.91 Å². The number of nitrogens with zero attached hydrogens (tertiary/aromatic N) is 3. The molecule has 8 heteroatoms. The minimum atomic E-state index is -0.403. The lowest BCUT2D eigenvalue weighted by atomic mass is 10.1. The van der Waals surface area contributed by atoms with E-state index in [-0.39, 0.29) is 5.91 Å². The smallest absolute Gasteiger partial charge is 0.337 e. The molecule has 0 fully saturated rings. The van der Waals surface area contributed by atoms with Gasteiger partial charge in [-0.25, -0.2) is 10.2 Å². The Hall–Kier alpha value is -2.61. The number of ether oxygens (including phenoxy) is 1. The second kappa shape index (κ2) is 6.71. The van der Waals surface area contributed by atoms with Gasteiger partial charge < -0.3 is 4.74 Å². The molecule has 0 spiro atoms. The number of esters is 1. The molecule has 1 aromatic carbocycles. The number of hydrogen-bond acceptors (Lipinski definition) is 7. The van der Waals surface area contributed by atoms with E-state index in [4.69, 9.17) is 0 Å². The fourth-order valence-corrected chi connectivity index (χ4v) is 2.03. The number of aromatic nitrogens is 2. The van der Waals surface area contributed by atoms with Gasteiger partial charge in [-0.1, -0.05) is 16.6 Å². The van der Waals surface area contributed by atoms with Crippen molar-refractivity contribution in [2.24, 2.45) is 5.10 Å². The summed E-state index contributed by atoms with van der Waals surface area (Å²) in [5, 5.41) is 7.59. The van der Waals surface area contributed by atoms with Crippen molar-refractivity contribution in [2.45, 2.75) is 6.92 Å². The largest absolute Gasteiger partial charge is 0.465 e. The number of hydrogen-bond donors (Lipinski definition) is 1. The summed E-state index contributed by atoms with van der Waals surface area (Å²) in [5.74, 6) is -0.759. The molecule has 1 amide bonds. The molecule has 1 heterocycles. The highest BCUT2D eigenvalue weighted by Crippen LogP contribution is 2.08. The van der Waals surface area contributed by atoms with Crippen LogP contribution in [0.5, 0.6) is 0 Å². The van der Waals surface area contributed by atoms with Gasteiger partial charge >= 0.3 is 5.97 Å². The zero-order valence-electron chi connectivity index (χ0n) is 11.4. The Bertz CT molecular complexity index is 679. The van der Waals surface area contributed by atoms with Gasteiger partial charge in [0.15, 0.2) is 0 Å². The minimum Gasteiger partial charge on any atom is -0.465 e. The number of aryl methyl sites for hydroxylation is 1. The summed E-state index contributed by atoms with van der Waals surface area (Å²) in [6, 6.07) is 6.63. The van der Waals surface area contributed by atoms with E-state index in [1.54, 1.807) is 31.2 Å². The van der Waals surface area contributed by atoms with Crippen LogP contribution in [0.25, 0.3) is 0 Å². The molecular formula is C13H12N4O3S. The molecule has 2 aromatic rings. The Morgan fingerprint density at radius 3 is 2.62 bits per heavy atom. The van der Waals surface area contributed by atoms with E-state index in [1.165, 1.54) is 13.3 Å². The first kappa shape index (κ1) is 14.8. The van der Waals surface area contributed by atoms with E-state index in [9.17, 15) is 9.59 Å². The van der Waals surface area contributed by atoms with Gasteiger partial charge in [-0.3, -0.25) is 4.79 Å². The predicted octanol–water partition coefficient (Wildman–Crippen LogP) is 1.40. The van der Waals surface area contributed by atoms with Crippen molar-refractivity contribution in [3.05, 3.63) is 46.0 Å². The van der Waals surface area contributed by atoms with Crippen LogP contribution >= 0.6 is 11.5 Å². The average molecular weight is 304 g/mol. The third kappa shape index (κ3) is 3.69. The number of amides is 1. The summed E-state index contributed by atoms with van der Waals surface area (Å²) in [6.07, 6.45) is 1.47. The summed E-state index contributed by atoms with van der Waals surface area (Å²) in [5.41, 5.74) is 4.14. The Balaban J connectivity index is 1.97. The molecule has 0 saturated carbocycles. The molecule has 7 nitrogen and oxygen atoms in total. The first-order valence-electron chi connectivity index (χ1n) is 5.92. The Morgan fingerprint density at radius 2 is 2.05 bits per heavy atom. The fourth-order valence-electron chi connectivity index (χ4n) is 1.48.